The quantitative estimate of drug-likeness (QED) is 0.683. The Labute approximate surface area is 75.0 Å². The van der Waals surface area contributed by atoms with E-state index in [1.165, 1.54) is 5.70 Å². The average Bonchev–Trinajstić information content (AvgIpc) is 2.04. The van der Waals surface area contributed by atoms with Crippen LogP contribution in [0.15, 0.2) is 11.5 Å². The van der Waals surface area contributed by atoms with E-state index >= 15 is 0 Å². The summed E-state index contributed by atoms with van der Waals surface area (Å²) in [7, 11) is 0. The number of allylic oxidation sites excluding steroid dienone is 2. The molecule has 1 rings (SSSR count). The van der Waals surface area contributed by atoms with E-state index < -0.39 is 0 Å². The lowest BCUT2D eigenvalue weighted by molar-refractivity contribution is 0.158. The zero-order valence-electron chi connectivity index (χ0n) is 8.48. The van der Waals surface area contributed by atoms with Crippen LogP contribution in [0.1, 0.15) is 27.7 Å². The van der Waals surface area contributed by atoms with Crippen molar-refractivity contribution in [3.63, 3.8) is 0 Å². The van der Waals surface area contributed by atoms with Crippen LogP contribution in [0.5, 0.6) is 0 Å². The maximum atomic E-state index is 5.63. The molecule has 0 saturated carbocycles. The van der Waals surface area contributed by atoms with Crippen LogP contribution in [-0.2, 0) is 4.74 Å². The van der Waals surface area contributed by atoms with Gasteiger partial charge in [0.1, 0.15) is 12.4 Å². The average molecular weight is 169 g/mol. The Bertz CT molecular complexity index is 162. The summed E-state index contributed by atoms with van der Waals surface area (Å²) in [5, 5.41) is 3.40. The summed E-state index contributed by atoms with van der Waals surface area (Å²) in [5.74, 6) is 2.19. The van der Waals surface area contributed by atoms with Crippen molar-refractivity contribution in [1.29, 1.82) is 0 Å². The Balaban J connectivity index is 2.83. The summed E-state index contributed by atoms with van der Waals surface area (Å²) in [6.07, 6.45) is 0. The van der Waals surface area contributed by atoms with Gasteiger partial charge in [-0.25, -0.2) is 0 Å². The molecule has 0 spiro atoms. The third-order valence-electron chi connectivity index (χ3n) is 2.04. The molecule has 0 radical (unpaired) electrons. The first kappa shape index (κ1) is 9.43. The van der Waals surface area contributed by atoms with E-state index in [1.54, 1.807) is 0 Å². The molecule has 0 aromatic rings. The first-order chi connectivity index (χ1) is 5.63. The lowest BCUT2D eigenvalue weighted by Gasteiger charge is -2.27. The van der Waals surface area contributed by atoms with Gasteiger partial charge in [0, 0.05) is 12.5 Å². The van der Waals surface area contributed by atoms with Crippen molar-refractivity contribution < 1.29 is 4.74 Å². The van der Waals surface area contributed by atoms with Gasteiger partial charge in [-0.15, -0.1) is 0 Å². The summed E-state index contributed by atoms with van der Waals surface area (Å²) < 4.78 is 5.63. The summed E-state index contributed by atoms with van der Waals surface area (Å²) in [4.78, 5) is 0. The Morgan fingerprint density at radius 3 is 2.25 bits per heavy atom. The molecular formula is C10H19NO. The first-order valence-corrected chi connectivity index (χ1v) is 4.73. The van der Waals surface area contributed by atoms with Gasteiger partial charge in [0.25, 0.3) is 0 Å². The van der Waals surface area contributed by atoms with Crippen LogP contribution in [0.25, 0.3) is 0 Å². The van der Waals surface area contributed by atoms with Gasteiger partial charge < -0.3 is 10.1 Å². The second kappa shape index (κ2) is 3.83. The summed E-state index contributed by atoms with van der Waals surface area (Å²) in [6.45, 7) is 10.5. The van der Waals surface area contributed by atoms with Gasteiger partial charge >= 0.3 is 0 Å². The van der Waals surface area contributed by atoms with Crippen LogP contribution in [-0.4, -0.2) is 13.2 Å². The van der Waals surface area contributed by atoms with Crippen molar-refractivity contribution in [1.82, 2.24) is 5.32 Å². The number of hydrogen-bond acceptors (Lipinski definition) is 2. The van der Waals surface area contributed by atoms with Gasteiger partial charge in [-0.05, 0) is 5.92 Å². The van der Waals surface area contributed by atoms with Crippen molar-refractivity contribution in [3.05, 3.63) is 11.5 Å². The lowest BCUT2D eigenvalue weighted by Crippen LogP contribution is -2.30. The molecule has 0 fully saturated rings. The molecular weight excluding hydrogens is 150 g/mol. The van der Waals surface area contributed by atoms with Gasteiger partial charge in [-0.3, -0.25) is 0 Å². The Hall–Kier alpha value is -0.660. The van der Waals surface area contributed by atoms with Gasteiger partial charge in [0.2, 0.25) is 0 Å². The van der Waals surface area contributed by atoms with Crippen LogP contribution < -0.4 is 5.32 Å². The van der Waals surface area contributed by atoms with Gasteiger partial charge in [0.15, 0.2) is 0 Å². The highest BCUT2D eigenvalue weighted by molar-refractivity contribution is 5.12. The second-order valence-corrected chi connectivity index (χ2v) is 3.86. The number of ether oxygens (including phenoxy) is 1. The molecule has 0 bridgehead atoms. The molecule has 1 aliphatic rings. The second-order valence-electron chi connectivity index (χ2n) is 3.86. The predicted molar refractivity (Wildman–Crippen MR) is 50.7 cm³/mol. The van der Waals surface area contributed by atoms with E-state index in [2.05, 4.69) is 33.0 Å². The molecule has 1 N–H and O–H groups in total. The Morgan fingerprint density at radius 1 is 1.17 bits per heavy atom. The molecule has 70 valence electrons. The largest absolute Gasteiger partial charge is 0.494 e. The van der Waals surface area contributed by atoms with Crippen LogP contribution in [0.2, 0.25) is 0 Å². The van der Waals surface area contributed by atoms with Crippen LogP contribution in [0.3, 0.4) is 0 Å². The molecule has 0 saturated heterocycles. The topological polar surface area (TPSA) is 21.3 Å². The third-order valence-corrected chi connectivity index (χ3v) is 2.04. The number of hydrogen-bond donors (Lipinski definition) is 1. The number of rotatable bonds is 2. The van der Waals surface area contributed by atoms with E-state index in [9.17, 15) is 0 Å². The molecule has 0 unspecified atom stereocenters. The van der Waals surface area contributed by atoms with Crippen LogP contribution in [0, 0.1) is 11.8 Å². The molecule has 0 aromatic heterocycles. The molecule has 0 atom stereocenters. The van der Waals surface area contributed by atoms with Crippen molar-refractivity contribution in [2.24, 2.45) is 11.8 Å². The first-order valence-electron chi connectivity index (χ1n) is 4.73. The van der Waals surface area contributed by atoms with E-state index in [1.807, 2.05) is 0 Å². The smallest absolute Gasteiger partial charge is 0.118 e. The lowest BCUT2D eigenvalue weighted by atomic mass is 10.0. The Morgan fingerprint density at radius 2 is 1.83 bits per heavy atom. The van der Waals surface area contributed by atoms with E-state index in [-0.39, 0.29) is 0 Å². The van der Waals surface area contributed by atoms with Crippen molar-refractivity contribution in [2.45, 2.75) is 27.7 Å². The van der Waals surface area contributed by atoms with Gasteiger partial charge in [-0.2, -0.15) is 0 Å². The SMILES string of the molecule is CC(C)C1=C(C(C)C)OCCN1. The summed E-state index contributed by atoms with van der Waals surface area (Å²) in [5.41, 5.74) is 1.29. The molecule has 1 aliphatic heterocycles. The molecule has 0 amide bonds. The molecule has 0 aliphatic carbocycles. The minimum atomic E-state index is 0.496. The maximum Gasteiger partial charge on any atom is 0.118 e. The van der Waals surface area contributed by atoms with E-state index in [0.717, 1.165) is 18.9 Å². The van der Waals surface area contributed by atoms with E-state index in [4.69, 9.17) is 4.74 Å². The highest BCUT2D eigenvalue weighted by Crippen LogP contribution is 2.22. The molecule has 2 heteroatoms. The fourth-order valence-electron chi connectivity index (χ4n) is 1.48. The minimum absolute atomic E-state index is 0.496. The maximum absolute atomic E-state index is 5.63. The number of nitrogens with one attached hydrogen (secondary N) is 1. The zero-order chi connectivity index (χ0) is 9.14. The fourth-order valence-corrected chi connectivity index (χ4v) is 1.48. The normalized spacial score (nSPS) is 18.2. The molecule has 2 nitrogen and oxygen atoms in total. The molecule has 12 heavy (non-hydrogen) atoms. The summed E-state index contributed by atoms with van der Waals surface area (Å²) >= 11 is 0. The predicted octanol–water partition coefficient (Wildman–Crippen LogP) is 2.13. The van der Waals surface area contributed by atoms with Crippen LogP contribution >= 0.6 is 0 Å². The highest BCUT2D eigenvalue weighted by atomic mass is 16.5. The zero-order valence-corrected chi connectivity index (χ0v) is 8.48. The highest BCUT2D eigenvalue weighted by Gasteiger charge is 2.18. The molecule has 0 aromatic carbocycles. The van der Waals surface area contributed by atoms with Gasteiger partial charge in [0.05, 0.1) is 5.70 Å². The standard InChI is InChI=1S/C10H19NO/c1-7(2)9-10(8(3)4)12-6-5-11-9/h7-8,11H,5-6H2,1-4H3. The third kappa shape index (κ3) is 1.93. The summed E-state index contributed by atoms with van der Waals surface area (Å²) in [6, 6.07) is 0. The Kier molecular flexibility index (Phi) is 3.01. The van der Waals surface area contributed by atoms with Crippen LogP contribution in [0.4, 0.5) is 0 Å². The molecule has 1 heterocycles. The van der Waals surface area contributed by atoms with Crippen molar-refractivity contribution in [3.8, 4) is 0 Å². The monoisotopic (exact) mass is 169 g/mol. The van der Waals surface area contributed by atoms with Crippen molar-refractivity contribution >= 4 is 0 Å². The minimum Gasteiger partial charge on any atom is -0.494 e. The van der Waals surface area contributed by atoms with E-state index in [0.29, 0.717) is 11.8 Å². The van der Waals surface area contributed by atoms with Gasteiger partial charge in [-0.1, -0.05) is 27.7 Å². The van der Waals surface area contributed by atoms with Crippen molar-refractivity contribution in [2.75, 3.05) is 13.2 Å². The fraction of sp³-hybridized carbons (Fsp3) is 0.800.